The van der Waals surface area contributed by atoms with Gasteiger partial charge in [0, 0.05) is 18.1 Å². The summed E-state index contributed by atoms with van der Waals surface area (Å²) < 4.78 is 0. The molecule has 1 heterocycles. The van der Waals surface area contributed by atoms with E-state index in [-0.39, 0.29) is 5.91 Å². The first-order valence-corrected chi connectivity index (χ1v) is 8.27. The standard InChI is InChI=1S/C17H26ClN3O/c1-17(2,19)16(22)20-11-13-7-9-21(10-8-13)12-14-5-3-4-6-15(14)18/h3-6,13H,7-12,19H2,1-2H3,(H,20,22). The molecule has 2 rings (SSSR count). The van der Waals surface area contributed by atoms with Crippen LogP contribution < -0.4 is 11.1 Å². The number of benzene rings is 1. The Morgan fingerprint density at radius 1 is 1.36 bits per heavy atom. The number of hydrogen-bond donors (Lipinski definition) is 2. The van der Waals surface area contributed by atoms with Crippen molar-refractivity contribution in [3.63, 3.8) is 0 Å². The molecule has 1 aromatic rings. The average molecular weight is 324 g/mol. The van der Waals surface area contributed by atoms with Crippen molar-refractivity contribution in [1.82, 2.24) is 10.2 Å². The zero-order valence-corrected chi connectivity index (χ0v) is 14.2. The van der Waals surface area contributed by atoms with Crippen LogP contribution >= 0.6 is 11.6 Å². The van der Waals surface area contributed by atoms with Crippen LogP contribution in [0.15, 0.2) is 24.3 Å². The van der Waals surface area contributed by atoms with E-state index in [9.17, 15) is 4.79 Å². The fourth-order valence-corrected chi connectivity index (χ4v) is 2.88. The molecule has 1 amide bonds. The summed E-state index contributed by atoms with van der Waals surface area (Å²) in [6, 6.07) is 8.00. The van der Waals surface area contributed by atoms with Gasteiger partial charge in [-0.3, -0.25) is 9.69 Å². The van der Waals surface area contributed by atoms with Crippen molar-refractivity contribution >= 4 is 17.5 Å². The van der Waals surface area contributed by atoms with Crippen LogP contribution in [0.4, 0.5) is 0 Å². The number of carbonyl (C=O) groups is 1. The van der Waals surface area contributed by atoms with Crippen molar-refractivity contribution in [2.24, 2.45) is 11.7 Å². The van der Waals surface area contributed by atoms with E-state index in [2.05, 4.69) is 16.3 Å². The van der Waals surface area contributed by atoms with Crippen molar-refractivity contribution in [3.05, 3.63) is 34.9 Å². The molecule has 1 fully saturated rings. The topological polar surface area (TPSA) is 58.4 Å². The second-order valence-electron chi connectivity index (χ2n) is 6.74. The van der Waals surface area contributed by atoms with E-state index in [1.165, 1.54) is 5.56 Å². The number of likely N-dealkylation sites (tertiary alicyclic amines) is 1. The van der Waals surface area contributed by atoms with Crippen LogP contribution in [-0.4, -0.2) is 36.0 Å². The maximum atomic E-state index is 11.8. The molecule has 0 aromatic heterocycles. The fraction of sp³-hybridized carbons (Fsp3) is 0.588. The van der Waals surface area contributed by atoms with Gasteiger partial charge in [0.2, 0.25) is 5.91 Å². The Bertz CT molecular complexity index is 505. The number of hydrogen-bond acceptors (Lipinski definition) is 3. The molecule has 4 nitrogen and oxygen atoms in total. The lowest BCUT2D eigenvalue weighted by atomic mass is 9.95. The van der Waals surface area contributed by atoms with Crippen LogP contribution in [0.5, 0.6) is 0 Å². The summed E-state index contributed by atoms with van der Waals surface area (Å²) in [5.41, 5.74) is 6.16. The third kappa shape index (κ3) is 4.97. The van der Waals surface area contributed by atoms with Gasteiger partial charge in [-0.05, 0) is 57.3 Å². The largest absolute Gasteiger partial charge is 0.354 e. The van der Waals surface area contributed by atoms with E-state index >= 15 is 0 Å². The van der Waals surface area contributed by atoms with Crippen LogP contribution in [0.1, 0.15) is 32.3 Å². The van der Waals surface area contributed by atoms with Gasteiger partial charge in [0.15, 0.2) is 0 Å². The highest BCUT2D eigenvalue weighted by molar-refractivity contribution is 6.31. The highest BCUT2D eigenvalue weighted by Crippen LogP contribution is 2.22. The number of nitrogens with zero attached hydrogens (tertiary/aromatic N) is 1. The molecule has 0 aliphatic carbocycles. The molecule has 1 aromatic carbocycles. The van der Waals surface area contributed by atoms with E-state index in [4.69, 9.17) is 17.3 Å². The molecule has 0 spiro atoms. The molecule has 0 bridgehead atoms. The van der Waals surface area contributed by atoms with Crippen molar-refractivity contribution < 1.29 is 4.79 Å². The minimum absolute atomic E-state index is 0.0778. The smallest absolute Gasteiger partial charge is 0.239 e. The highest BCUT2D eigenvalue weighted by atomic mass is 35.5. The van der Waals surface area contributed by atoms with Crippen LogP contribution in [0.2, 0.25) is 5.02 Å². The molecule has 22 heavy (non-hydrogen) atoms. The van der Waals surface area contributed by atoms with Gasteiger partial charge in [0.25, 0.3) is 0 Å². The van der Waals surface area contributed by atoms with E-state index < -0.39 is 5.54 Å². The Balaban J connectivity index is 1.74. The van der Waals surface area contributed by atoms with Crippen LogP contribution in [0.25, 0.3) is 0 Å². The van der Waals surface area contributed by atoms with E-state index in [1.54, 1.807) is 13.8 Å². The van der Waals surface area contributed by atoms with E-state index in [1.807, 2.05) is 18.2 Å². The van der Waals surface area contributed by atoms with Gasteiger partial charge in [-0.25, -0.2) is 0 Å². The first-order chi connectivity index (χ1) is 10.4. The second kappa shape index (κ2) is 7.44. The lowest BCUT2D eigenvalue weighted by Gasteiger charge is -2.32. The SMILES string of the molecule is CC(C)(N)C(=O)NCC1CCN(Cc2ccccc2Cl)CC1. The molecule has 1 saturated heterocycles. The Hall–Kier alpha value is -1.10. The molecule has 1 aliphatic rings. The zero-order valence-electron chi connectivity index (χ0n) is 13.4. The predicted octanol–water partition coefficient (Wildman–Crippen LogP) is 2.41. The number of nitrogens with two attached hydrogens (primary N) is 1. The minimum atomic E-state index is -0.801. The number of nitrogens with one attached hydrogen (secondary N) is 1. The van der Waals surface area contributed by atoms with E-state index in [0.717, 1.165) is 44.0 Å². The van der Waals surface area contributed by atoms with Crippen LogP contribution in [-0.2, 0) is 11.3 Å². The quantitative estimate of drug-likeness (QED) is 0.875. The summed E-state index contributed by atoms with van der Waals surface area (Å²) in [7, 11) is 0. The molecular weight excluding hydrogens is 298 g/mol. The lowest BCUT2D eigenvalue weighted by Crippen LogP contribution is -2.50. The molecule has 1 aliphatic heterocycles. The maximum absolute atomic E-state index is 11.8. The van der Waals surface area contributed by atoms with Gasteiger partial charge >= 0.3 is 0 Å². The monoisotopic (exact) mass is 323 g/mol. The molecule has 0 radical (unpaired) electrons. The minimum Gasteiger partial charge on any atom is -0.354 e. The first kappa shape index (κ1) is 17.3. The molecule has 3 N–H and O–H groups in total. The number of halogens is 1. The number of piperidine rings is 1. The van der Waals surface area contributed by atoms with Crippen LogP contribution in [0, 0.1) is 5.92 Å². The van der Waals surface area contributed by atoms with Gasteiger partial charge in [-0.15, -0.1) is 0 Å². The predicted molar refractivity (Wildman–Crippen MR) is 90.7 cm³/mol. The maximum Gasteiger partial charge on any atom is 0.239 e. The molecule has 0 atom stereocenters. The molecular formula is C17H26ClN3O. The molecule has 5 heteroatoms. The summed E-state index contributed by atoms with van der Waals surface area (Å²) in [4.78, 5) is 14.2. The Morgan fingerprint density at radius 3 is 2.59 bits per heavy atom. The number of amides is 1. The van der Waals surface area contributed by atoms with E-state index in [0.29, 0.717) is 5.92 Å². The van der Waals surface area contributed by atoms with Gasteiger partial charge in [0.1, 0.15) is 0 Å². The van der Waals surface area contributed by atoms with Gasteiger partial charge in [0.05, 0.1) is 5.54 Å². The van der Waals surface area contributed by atoms with Crippen molar-refractivity contribution in [3.8, 4) is 0 Å². The van der Waals surface area contributed by atoms with Gasteiger partial charge < -0.3 is 11.1 Å². The number of carbonyl (C=O) groups excluding carboxylic acids is 1. The van der Waals surface area contributed by atoms with Crippen LogP contribution in [0.3, 0.4) is 0 Å². The normalized spacial score (nSPS) is 17.5. The van der Waals surface area contributed by atoms with Crippen molar-refractivity contribution in [1.29, 1.82) is 0 Å². The van der Waals surface area contributed by atoms with Gasteiger partial charge in [-0.1, -0.05) is 29.8 Å². The highest BCUT2D eigenvalue weighted by Gasteiger charge is 2.24. The Labute approximate surface area is 138 Å². The molecule has 0 saturated carbocycles. The zero-order chi connectivity index (χ0) is 16.2. The molecule has 0 unspecified atom stereocenters. The Kier molecular flexibility index (Phi) is 5.84. The molecule has 122 valence electrons. The van der Waals surface area contributed by atoms with Gasteiger partial charge in [-0.2, -0.15) is 0 Å². The summed E-state index contributed by atoms with van der Waals surface area (Å²) in [5.74, 6) is 0.458. The van der Waals surface area contributed by atoms with Crippen molar-refractivity contribution in [2.75, 3.05) is 19.6 Å². The average Bonchev–Trinajstić information content (AvgIpc) is 2.47. The summed E-state index contributed by atoms with van der Waals surface area (Å²) in [6.07, 6.45) is 2.19. The first-order valence-electron chi connectivity index (χ1n) is 7.89. The third-order valence-electron chi connectivity index (χ3n) is 4.20. The summed E-state index contributed by atoms with van der Waals surface area (Å²) >= 11 is 6.21. The fourth-order valence-electron chi connectivity index (χ4n) is 2.68. The Morgan fingerprint density at radius 2 is 2.00 bits per heavy atom. The number of rotatable bonds is 5. The summed E-state index contributed by atoms with van der Waals surface area (Å²) in [5, 5.41) is 3.80. The third-order valence-corrected chi connectivity index (χ3v) is 4.56. The summed E-state index contributed by atoms with van der Waals surface area (Å²) in [6.45, 7) is 7.16. The second-order valence-corrected chi connectivity index (χ2v) is 7.15. The van der Waals surface area contributed by atoms with Crippen molar-refractivity contribution in [2.45, 2.75) is 38.8 Å². The lowest BCUT2D eigenvalue weighted by molar-refractivity contribution is -0.125.